The number of imide groups is 1. The van der Waals surface area contributed by atoms with Crippen LogP contribution in [0.5, 0.6) is 0 Å². The molecule has 0 unspecified atom stereocenters. The van der Waals surface area contributed by atoms with E-state index in [1.54, 1.807) is 54.6 Å². The summed E-state index contributed by atoms with van der Waals surface area (Å²) in [5, 5.41) is 2.79. The van der Waals surface area contributed by atoms with E-state index < -0.39 is 11.8 Å². The molecule has 3 aromatic carbocycles. The van der Waals surface area contributed by atoms with Crippen molar-refractivity contribution in [3.63, 3.8) is 0 Å². The smallest absolute Gasteiger partial charge is 0.268 e. The molecule has 0 aromatic heterocycles. The molecule has 0 saturated carbocycles. The minimum atomic E-state index is -0.442. The topological polar surface area (TPSA) is 66.5 Å². The van der Waals surface area contributed by atoms with Gasteiger partial charge in [0.05, 0.1) is 22.5 Å². The van der Waals surface area contributed by atoms with Gasteiger partial charge in [-0.3, -0.25) is 14.4 Å². The lowest BCUT2D eigenvalue weighted by Crippen LogP contribution is -2.29. The summed E-state index contributed by atoms with van der Waals surface area (Å²) in [4.78, 5) is 39.6. The van der Waals surface area contributed by atoms with Gasteiger partial charge < -0.3 is 5.32 Å². The minimum Gasteiger partial charge on any atom is -0.321 e. The molecule has 0 atom stereocenters. The number of carbonyl (C=O) groups is 3. The molecule has 28 heavy (non-hydrogen) atoms. The Kier molecular flexibility index (Phi) is 4.28. The summed E-state index contributed by atoms with van der Waals surface area (Å²) in [6.07, 6.45) is 0. The Hall–Kier alpha value is -3.73. The van der Waals surface area contributed by atoms with Crippen molar-refractivity contribution in [2.75, 3.05) is 10.2 Å². The van der Waals surface area contributed by atoms with Crippen molar-refractivity contribution in [3.05, 3.63) is 94.5 Å². The highest BCUT2D eigenvalue weighted by Gasteiger charge is 2.38. The summed E-state index contributed by atoms with van der Waals surface area (Å²) >= 11 is 0. The number of nitrogens with zero attached hydrogens (tertiary/aromatic N) is 1. The lowest BCUT2D eigenvalue weighted by atomic mass is 10.0. The average Bonchev–Trinajstić information content (AvgIpc) is 2.96. The van der Waals surface area contributed by atoms with Crippen LogP contribution in [0, 0.1) is 13.8 Å². The number of hydrogen-bond acceptors (Lipinski definition) is 3. The van der Waals surface area contributed by atoms with Crippen LogP contribution >= 0.6 is 0 Å². The monoisotopic (exact) mass is 370 g/mol. The first-order valence-electron chi connectivity index (χ1n) is 8.93. The Morgan fingerprint density at radius 1 is 0.821 bits per heavy atom. The largest absolute Gasteiger partial charge is 0.321 e. The molecule has 1 aliphatic rings. The van der Waals surface area contributed by atoms with Crippen LogP contribution in [0.15, 0.2) is 66.7 Å². The molecule has 0 fully saturated rings. The zero-order valence-electron chi connectivity index (χ0n) is 15.5. The van der Waals surface area contributed by atoms with Gasteiger partial charge in [-0.15, -0.1) is 0 Å². The number of carbonyl (C=O) groups excluding carboxylic acids is 3. The zero-order chi connectivity index (χ0) is 19.8. The van der Waals surface area contributed by atoms with Gasteiger partial charge in [0, 0.05) is 5.56 Å². The highest BCUT2D eigenvalue weighted by molar-refractivity contribution is 6.36. The molecule has 138 valence electrons. The normalized spacial score (nSPS) is 12.9. The van der Waals surface area contributed by atoms with Gasteiger partial charge in [0.15, 0.2) is 0 Å². The van der Waals surface area contributed by atoms with E-state index in [0.717, 1.165) is 16.0 Å². The summed E-state index contributed by atoms with van der Waals surface area (Å²) in [6.45, 7) is 3.91. The minimum absolute atomic E-state index is 0.216. The second kappa shape index (κ2) is 6.78. The van der Waals surface area contributed by atoms with Crippen molar-refractivity contribution < 1.29 is 14.4 Å². The molecule has 0 bridgehead atoms. The molecule has 3 amide bonds. The number of fused-ring (bicyclic) bond motifs is 1. The number of para-hydroxylation sites is 1. The van der Waals surface area contributed by atoms with E-state index in [1.165, 1.54) is 0 Å². The number of nitrogens with one attached hydrogen (secondary N) is 1. The third kappa shape index (κ3) is 2.87. The van der Waals surface area contributed by atoms with Crippen LogP contribution < -0.4 is 10.2 Å². The third-order valence-corrected chi connectivity index (χ3v) is 4.95. The third-order valence-electron chi connectivity index (χ3n) is 4.95. The standard InChI is InChI=1S/C23H18N2O3/c1-14-11-12-16(13-15(14)2)21(26)24-19-10-6-9-18-20(19)23(28)25(22(18)27)17-7-4-3-5-8-17/h3-13H,1-2H3,(H,24,26). The van der Waals surface area contributed by atoms with Gasteiger partial charge in [-0.1, -0.05) is 30.3 Å². The molecule has 5 nitrogen and oxygen atoms in total. The number of benzene rings is 3. The fourth-order valence-corrected chi connectivity index (χ4v) is 3.28. The van der Waals surface area contributed by atoms with Crippen LogP contribution in [0.1, 0.15) is 42.2 Å². The molecular formula is C23H18N2O3. The second-order valence-electron chi connectivity index (χ2n) is 6.76. The lowest BCUT2D eigenvalue weighted by molar-refractivity contribution is 0.0926. The number of rotatable bonds is 3. The maximum atomic E-state index is 13.0. The van der Waals surface area contributed by atoms with E-state index in [-0.39, 0.29) is 17.0 Å². The Morgan fingerprint density at radius 3 is 2.29 bits per heavy atom. The van der Waals surface area contributed by atoms with Gasteiger partial charge >= 0.3 is 0 Å². The molecule has 0 saturated heterocycles. The SMILES string of the molecule is Cc1ccc(C(=O)Nc2cccc3c2C(=O)N(c2ccccc2)C3=O)cc1C. The molecule has 5 heteroatoms. The van der Waals surface area contributed by atoms with Crippen LogP contribution in [0.3, 0.4) is 0 Å². The second-order valence-corrected chi connectivity index (χ2v) is 6.76. The van der Waals surface area contributed by atoms with Crippen molar-refractivity contribution >= 4 is 29.1 Å². The highest BCUT2D eigenvalue weighted by atomic mass is 16.2. The Bertz CT molecular complexity index is 1120. The number of anilines is 2. The van der Waals surface area contributed by atoms with Gasteiger partial charge in [-0.25, -0.2) is 4.90 Å². The van der Waals surface area contributed by atoms with Crippen LogP contribution in [0.25, 0.3) is 0 Å². The van der Waals surface area contributed by atoms with Crippen molar-refractivity contribution in [1.29, 1.82) is 0 Å². The molecule has 1 aliphatic heterocycles. The molecule has 3 aromatic rings. The zero-order valence-corrected chi connectivity index (χ0v) is 15.5. The van der Waals surface area contributed by atoms with Crippen molar-refractivity contribution in [2.45, 2.75) is 13.8 Å². The van der Waals surface area contributed by atoms with E-state index in [2.05, 4.69) is 5.32 Å². The number of hydrogen-bond donors (Lipinski definition) is 1. The molecule has 1 heterocycles. The van der Waals surface area contributed by atoms with E-state index in [0.29, 0.717) is 16.9 Å². The van der Waals surface area contributed by atoms with E-state index in [4.69, 9.17) is 0 Å². The molecular weight excluding hydrogens is 352 g/mol. The summed E-state index contributed by atoms with van der Waals surface area (Å²) < 4.78 is 0. The van der Waals surface area contributed by atoms with Gasteiger partial charge in [-0.05, 0) is 61.4 Å². The van der Waals surface area contributed by atoms with Crippen LogP contribution in [-0.4, -0.2) is 17.7 Å². The van der Waals surface area contributed by atoms with E-state index in [1.807, 2.05) is 26.0 Å². The van der Waals surface area contributed by atoms with Crippen LogP contribution in [0.2, 0.25) is 0 Å². The molecule has 4 rings (SSSR count). The summed E-state index contributed by atoms with van der Waals surface area (Å²) in [7, 11) is 0. The Morgan fingerprint density at radius 2 is 1.57 bits per heavy atom. The van der Waals surface area contributed by atoms with Crippen molar-refractivity contribution in [1.82, 2.24) is 0 Å². The summed E-state index contributed by atoms with van der Waals surface area (Å²) in [5.74, 6) is -1.16. The van der Waals surface area contributed by atoms with Gasteiger partial charge in [0.1, 0.15) is 0 Å². The number of aryl methyl sites for hydroxylation is 2. The summed E-state index contributed by atoms with van der Waals surface area (Å²) in [6, 6.07) is 19.1. The Balaban J connectivity index is 1.69. The first kappa shape index (κ1) is 17.7. The van der Waals surface area contributed by atoms with E-state index in [9.17, 15) is 14.4 Å². The molecule has 0 radical (unpaired) electrons. The average molecular weight is 370 g/mol. The fourth-order valence-electron chi connectivity index (χ4n) is 3.28. The van der Waals surface area contributed by atoms with Crippen molar-refractivity contribution in [3.8, 4) is 0 Å². The highest BCUT2D eigenvalue weighted by Crippen LogP contribution is 2.33. The molecule has 0 spiro atoms. The fraction of sp³-hybridized carbons (Fsp3) is 0.0870. The predicted molar refractivity (Wildman–Crippen MR) is 108 cm³/mol. The maximum Gasteiger partial charge on any atom is 0.268 e. The quantitative estimate of drug-likeness (QED) is 0.697. The van der Waals surface area contributed by atoms with Crippen LogP contribution in [0.4, 0.5) is 11.4 Å². The predicted octanol–water partition coefficient (Wildman–Crippen LogP) is 4.36. The van der Waals surface area contributed by atoms with Crippen molar-refractivity contribution in [2.24, 2.45) is 0 Å². The first-order valence-corrected chi connectivity index (χ1v) is 8.93. The maximum absolute atomic E-state index is 13.0. The molecule has 1 N–H and O–H groups in total. The Labute approximate surface area is 162 Å². The molecule has 0 aliphatic carbocycles. The van der Waals surface area contributed by atoms with Gasteiger partial charge in [0.2, 0.25) is 0 Å². The van der Waals surface area contributed by atoms with Gasteiger partial charge in [-0.2, -0.15) is 0 Å². The number of amides is 3. The van der Waals surface area contributed by atoms with Gasteiger partial charge in [0.25, 0.3) is 17.7 Å². The summed E-state index contributed by atoms with van der Waals surface area (Å²) in [5.41, 5.74) is 3.93. The lowest BCUT2D eigenvalue weighted by Gasteiger charge is -2.14. The first-order chi connectivity index (χ1) is 13.5. The van der Waals surface area contributed by atoms with E-state index >= 15 is 0 Å². The van der Waals surface area contributed by atoms with Crippen LogP contribution in [-0.2, 0) is 0 Å².